The van der Waals surface area contributed by atoms with E-state index in [0.29, 0.717) is 13.3 Å². The number of carbonyl (C=O) groups is 2. The number of carboxylic acids is 1. The molecule has 1 amide bonds. The van der Waals surface area contributed by atoms with Crippen molar-refractivity contribution in [3.05, 3.63) is 0 Å². The molecule has 0 bridgehead atoms. The second kappa shape index (κ2) is 17.3. The molecule has 0 atom stereocenters. The fourth-order valence-corrected chi connectivity index (χ4v) is 2.67. The summed E-state index contributed by atoms with van der Waals surface area (Å²) in [6.45, 7) is 0.307. The van der Waals surface area contributed by atoms with Gasteiger partial charge in [-0.2, -0.15) is 0 Å². The zero-order valence-electron chi connectivity index (χ0n) is 15.8. The monoisotopic (exact) mass is 328 g/mol. The van der Waals surface area contributed by atoms with Gasteiger partial charge in [0.15, 0.2) is 0 Å². The highest BCUT2D eigenvalue weighted by atomic mass is 16.4. The van der Waals surface area contributed by atoms with E-state index in [4.69, 9.17) is 6.48 Å². The molecule has 0 spiro atoms. The molecular formula is C19H37NO3. The normalized spacial score (nSPS) is 11.2. The summed E-state index contributed by atoms with van der Waals surface area (Å²) < 4.78 is 7.08. The van der Waals surface area contributed by atoms with Gasteiger partial charge in [0, 0.05) is 7.79 Å². The Bertz CT molecular complexity index is 311. The zero-order valence-corrected chi connectivity index (χ0v) is 14.8. The molecule has 0 aromatic rings. The molecular weight excluding hydrogens is 290 g/mol. The minimum Gasteiger partial charge on any atom is -0.480 e. The van der Waals surface area contributed by atoms with E-state index in [1.165, 1.54) is 70.6 Å². The highest BCUT2D eigenvalue weighted by Crippen LogP contribution is 2.13. The molecule has 0 aliphatic heterocycles. The lowest BCUT2D eigenvalue weighted by atomic mass is 10.0. The van der Waals surface area contributed by atoms with E-state index in [9.17, 15) is 9.59 Å². The maximum atomic E-state index is 11.3. The first kappa shape index (κ1) is 20.0. The van der Waals surface area contributed by atoms with Crippen molar-refractivity contribution < 1.29 is 16.1 Å². The molecule has 0 rings (SSSR count). The lowest BCUT2D eigenvalue weighted by Crippen LogP contribution is -2.28. The van der Waals surface area contributed by atoms with Crippen LogP contribution in [0.25, 0.3) is 0 Å². The maximum Gasteiger partial charge on any atom is 0.322 e. The highest BCUT2D eigenvalue weighted by molar-refractivity contribution is 5.80. The lowest BCUT2D eigenvalue weighted by Gasteiger charge is -2.04. The molecule has 0 radical (unpaired) electrons. The fourth-order valence-electron chi connectivity index (χ4n) is 2.67. The van der Waals surface area contributed by atoms with Gasteiger partial charge in [0.25, 0.3) is 0 Å². The van der Waals surface area contributed by atoms with Gasteiger partial charge in [0.05, 0.1) is 0 Å². The molecule has 4 nitrogen and oxygen atoms in total. The van der Waals surface area contributed by atoms with Crippen molar-refractivity contribution >= 4 is 11.9 Å². The van der Waals surface area contributed by atoms with Crippen molar-refractivity contribution in [2.75, 3.05) is 6.54 Å². The molecule has 0 fully saturated rings. The second-order valence-corrected chi connectivity index (χ2v) is 6.37. The number of carbonyl (C=O) groups excluding carboxylic acids is 1. The number of rotatable bonds is 17. The molecule has 0 aliphatic rings. The first-order valence-corrected chi connectivity index (χ1v) is 9.44. The Hall–Kier alpha value is -1.06. The molecule has 0 unspecified atom stereocenters. The predicted molar refractivity (Wildman–Crippen MR) is 95.6 cm³/mol. The number of unbranched alkanes of at least 4 members (excludes halogenated alkanes) is 13. The molecule has 4 heteroatoms. The summed E-state index contributed by atoms with van der Waals surface area (Å²) in [5.41, 5.74) is 0. The minimum absolute atomic E-state index is 0.155. The van der Waals surface area contributed by atoms with Crippen LogP contribution in [0.5, 0.6) is 0 Å². The van der Waals surface area contributed by atoms with Crippen molar-refractivity contribution in [1.29, 1.82) is 0 Å². The first-order valence-electron chi connectivity index (χ1n) is 10.1. The van der Waals surface area contributed by atoms with Crippen molar-refractivity contribution in [2.24, 2.45) is 0 Å². The van der Waals surface area contributed by atoms with Crippen LogP contribution in [-0.4, -0.2) is 23.5 Å². The summed E-state index contributed by atoms with van der Waals surface area (Å²) in [5, 5.41) is 10.8. The molecule has 0 aliphatic carbocycles. The third-order valence-electron chi connectivity index (χ3n) is 4.09. The van der Waals surface area contributed by atoms with Gasteiger partial charge >= 0.3 is 5.97 Å². The van der Waals surface area contributed by atoms with Crippen LogP contribution in [0.4, 0.5) is 0 Å². The number of carboxylic acid groups (broad SMARTS) is 1. The van der Waals surface area contributed by atoms with Gasteiger partial charge in [-0.15, -0.1) is 0 Å². The maximum absolute atomic E-state index is 11.3. The number of hydrogen-bond donors (Lipinski definition) is 2. The molecule has 0 aromatic heterocycles. The van der Waals surface area contributed by atoms with Crippen LogP contribution < -0.4 is 5.32 Å². The van der Waals surface area contributed by atoms with Crippen LogP contribution in [0.2, 0.25) is 0 Å². The Morgan fingerprint density at radius 2 is 1.22 bits per heavy atom. The van der Waals surface area contributed by atoms with E-state index in [2.05, 4.69) is 5.32 Å². The van der Waals surface area contributed by atoms with E-state index in [1.807, 2.05) is 0 Å². The Morgan fingerprint density at radius 1 is 0.783 bits per heavy atom. The van der Waals surface area contributed by atoms with Crippen molar-refractivity contribution in [1.82, 2.24) is 5.32 Å². The van der Waals surface area contributed by atoms with Crippen LogP contribution in [0.3, 0.4) is 0 Å². The predicted octanol–water partition coefficient (Wildman–Crippen LogP) is 5.06. The van der Waals surface area contributed by atoms with Gasteiger partial charge in [0.2, 0.25) is 5.91 Å². The highest BCUT2D eigenvalue weighted by Gasteiger charge is 2.03. The summed E-state index contributed by atoms with van der Waals surface area (Å²) in [7, 11) is 0. The van der Waals surface area contributed by atoms with Crippen molar-refractivity contribution in [3.63, 3.8) is 0 Å². The Labute approximate surface area is 143 Å². The number of aliphatic carboxylic acids is 1. The van der Waals surface area contributed by atoms with E-state index in [-0.39, 0.29) is 12.5 Å². The van der Waals surface area contributed by atoms with E-state index in [0.717, 1.165) is 19.3 Å². The van der Waals surface area contributed by atoms with Crippen LogP contribution in [0, 0.1) is 0 Å². The number of nitrogens with one attached hydrogen (secondary N) is 1. The molecule has 23 heavy (non-hydrogen) atoms. The SMILES string of the molecule is [2H]CCCCCCCCCCCCCCCCC(=O)NCC(=O)O. The summed E-state index contributed by atoms with van der Waals surface area (Å²) in [6, 6.07) is 0. The minimum atomic E-state index is -0.993. The van der Waals surface area contributed by atoms with E-state index < -0.39 is 5.97 Å². The smallest absolute Gasteiger partial charge is 0.322 e. The Balaban J connectivity index is 3.10. The van der Waals surface area contributed by atoms with Crippen molar-refractivity contribution in [3.8, 4) is 0 Å². The fraction of sp³-hybridized carbons (Fsp3) is 0.895. The largest absolute Gasteiger partial charge is 0.480 e. The van der Waals surface area contributed by atoms with Gasteiger partial charge in [-0.1, -0.05) is 90.4 Å². The standard InChI is InChI=1S/C19H37NO3/c1-2-3-4-5-6-7-8-9-10-11-12-13-14-15-16-18(21)20-17-19(22)23/h2-17H2,1H3,(H,20,21)(H,22,23)/i1D. The average Bonchev–Trinajstić information content (AvgIpc) is 2.56. The third-order valence-corrected chi connectivity index (χ3v) is 4.09. The molecule has 2 N–H and O–H groups in total. The summed E-state index contributed by atoms with van der Waals surface area (Å²) in [6.07, 6.45) is 17.7. The molecule has 0 heterocycles. The Morgan fingerprint density at radius 3 is 1.65 bits per heavy atom. The summed E-state index contributed by atoms with van der Waals surface area (Å²) in [4.78, 5) is 21.6. The number of amides is 1. The average molecular weight is 329 g/mol. The van der Waals surface area contributed by atoms with Gasteiger partial charge in [0.1, 0.15) is 6.54 Å². The Kier molecular flexibility index (Phi) is 15.0. The van der Waals surface area contributed by atoms with Crippen LogP contribution in [-0.2, 0) is 9.59 Å². The molecule has 0 saturated carbocycles. The topological polar surface area (TPSA) is 66.4 Å². The van der Waals surface area contributed by atoms with Gasteiger partial charge in [-0.25, -0.2) is 0 Å². The van der Waals surface area contributed by atoms with Gasteiger partial charge in [-0.05, 0) is 6.42 Å². The molecule has 0 saturated heterocycles. The number of hydrogen-bond acceptors (Lipinski definition) is 2. The summed E-state index contributed by atoms with van der Waals surface area (Å²) >= 11 is 0. The quantitative estimate of drug-likeness (QED) is 0.367. The zero-order chi connectivity index (χ0) is 17.9. The third kappa shape index (κ3) is 18.9. The van der Waals surface area contributed by atoms with Crippen LogP contribution in [0.1, 0.15) is 105 Å². The van der Waals surface area contributed by atoms with Crippen molar-refractivity contribution in [2.45, 2.75) is 103 Å². The van der Waals surface area contributed by atoms with Gasteiger partial charge < -0.3 is 10.4 Å². The second-order valence-electron chi connectivity index (χ2n) is 6.37. The molecule has 0 aromatic carbocycles. The van der Waals surface area contributed by atoms with Crippen LogP contribution >= 0.6 is 0 Å². The van der Waals surface area contributed by atoms with E-state index in [1.54, 1.807) is 0 Å². The molecule has 136 valence electrons. The van der Waals surface area contributed by atoms with Crippen LogP contribution in [0.15, 0.2) is 0 Å². The van der Waals surface area contributed by atoms with E-state index >= 15 is 0 Å². The first-order chi connectivity index (χ1) is 11.7. The van der Waals surface area contributed by atoms with Gasteiger partial charge in [-0.3, -0.25) is 9.59 Å². The lowest BCUT2D eigenvalue weighted by molar-refractivity contribution is -0.137. The summed E-state index contributed by atoms with van der Waals surface area (Å²) in [5.74, 6) is -1.15.